The van der Waals surface area contributed by atoms with Crippen LogP contribution in [0.2, 0.25) is 0 Å². The smallest absolute Gasteiger partial charge is 0.342 e. The molecule has 0 fully saturated rings. The maximum absolute atomic E-state index is 12.8. The Morgan fingerprint density at radius 1 is 0.576 bits per heavy atom. The zero-order chi connectivity index (χ0) is 24.2. The fourth-order valence-corrected chi connectivity index (χ4v) is 5.26. The molecule has 0 spiro atoms. The average Bonchev–Trinajstić information content (AvgIpc) is 2.70. The van der Waals surface area contributed by atoms with Crippen LogP contribution in [0, 0.1) is 0 Å². The van der Waals surface area contributed by atoms with Gasteiger partial charge in [-0.25, -0.2) is 0 Å². The van der Waals surface area contributed by atoms with E-state index in [1.165, 1.54) is 36.4 Å². The van der Waals surface area contributed by atoms with Gasteiger partial charge in [0.2, 0.25) is 0 Å². The van der Waals surface area contributed by atoms with E-state index in [0.29, 0.717) is 10.8 Å². The van der Waals surface area contributed by atoms with E-state index < -0.39 is 50.8 Å². The molecule has 0 bridgehead atoms. The van der Waals surface area contributed by atoms with Crippen molar-refractivity contribution >= 4 is 51.9 Å². The monoisotopic (exact) mass is 510 g/mol. The first-order chi connectivity index (χ1) is 15.2. The molecule has 0 unspecified atom stereocenters. The largest absolute Gasteiger partial charge is 0.506 e. The van der Waals surface area contributed by atoms with E-state index in [1.807, 2.05) is 0 Å². The van der Waals surface area contributed by atoms with Crippen molar-refractivity contribution in [1.82, 2.24) is 0 Å². The average molecular weight is 511 g/mol. The third kappa shape index (κ3) is 4.62. The van der Waals surface area contributed by atoms with Gasteiger partial charge in [-0.05, 0) is 70.1 Å². The van der Waals surface area contributed by atoms with Gasteiger partial charge >= 0.3 is 10.1 Å². The Bertz CT molecular complexity index is 1760. The molecule has 3 N–H and O–H groups in total. The van der Waals surface area contributed by atoms with Crippen LogP contribution in [-0.2, 0) is 30.4 Å². The summed E-state index contributed by atoms with van der Waals surface area (Å²) in [6.45, 7) is 0. The van der Waals surface area contributed by atoms with Crippen molar-refractivity contribution in [3.63, 3.8) is 0 Å². The Morgan fingerprint density at radius 2 is 1.09 bits per heavy atom. The highest BCUT2D eigenvalue weighted by atomic mass is 32.2. The second kappa shape index (κ2) is 7.67. The number of phenolic OH excluding ortho intramolecular Hbond substituents is 1. The molecule has 4 aromatic carbocycles. The van der Waals surface area contributed by atoms with Crippen molar-refractivity contribution in [2.45, 2.75) is 14.7 Å². The first-order valence-corrected chi connectivity index (χ1v) is 13.2. The van der Waals surface area contributed by atoms with Crippen LogP contribution < -0.4 is 4.18 Å². The molecule has 0 atom stereocenters. The highest BCUT2D eigenvalue weighted by molar-refractivity contribution is 7.87. The molecule has 0 aliphatic rings. The molecule has 4 aromatic rings. The Morgan fingerprint density at radius 3 is 1.67 bits per heavy atom. The molecule has 33 heavy (non-hydrogen) atoms. The Kier molecular flexibility index (Phi) is 5.34. The van der Waals surface area contributed by atoms with Crippen molar-refractivity contribution in [2.24, 2.45) is 0 Å². The van der Waals surface area contributed by atoms with E-state index in [0.717, 1.165) is 30.3 Å². The van der Waals surface area contributed by atoms with Crippen molar-refractivity contribution in [3.05, 3.63) is 66.7 Å². The lowest BCUT2D eigenvalue weighted by Gasteiger charge is -2.11. The van der Waals surface area contributed by atoms with Gasteiger partial charge in [0, 0.05) is 0 Å². The predicted molar refractivity (Wildman–Crippen MR) is 117 cm³/mol. The van der Waals surface area contributed by atoms with Gasteiger partial charge in [-0.1, -0.05) is 18.2 Å². The maximum Gasteiger partial charge on any atom is 0.342 e. The molecule has 0 aliphatic heterocycles. The minimum atomic E-state index is -4.62. The summed E-state index contributed by atoms with van der Waals surface area (Å²) in [6.07, 6.45) is 0. The minimum absolute atomic E-state index is 0.0985. The van der Waals surface area contributed by atoms with Gasteiger partial charge in [0.1, 0.15) is 16.4 Å². The van der Waals surface area contributed by atoms with E-state index in [4.69, 9.17) is 4.18 Å². The molecule has 4 rings (SSSR count). The van der Waals surface area contributed by atoms with Crippen LogP contribution in [0.15, 0.2) is 81.4 Å². The number of phenols is 1. The molecule has 0 aliphatic carbocycles. The Hall–Kier alpha value is -3.23. The SMILES string of the molecule is O=S(=O)(O)c1ccc2ccc(OS(=O)(=O)c3cc4cc(S(=O)(=O)O)ccc4cc3O)cc2c1. The summed E-state index contributed by atoms with van der Waals surface area (Å²) < 4.78 is 94.6. The lowest BCUT2D eigenvalue weighted by molar-refractivity contribution is 0.445. The predicted octanol–water partition coefficient (Wildman–Crippen LogP) is 2.96. The summed E-state index contributed by atoms with van der Waals surface area (Å²) in [6, 6.07) is 13.2. The summed E-state index contributed by atoms with van der Waals surface area (Å²) in [5.41, 5.74) is 0. The van der Waals surface area contributed by atoms with Gasteiger partial charge in [0.15, 0.2) is 0 Å². The van der Waals surface area contributed by atoms with Gasteiger partial charge in [-0.15, -0.1) is 0 Å². The molecule has 0 saturated heterocycles. The van der Waals surface area contributed by atoms with Crippen LogP contribution in [0.5, 0.6) is 11.5 Å². The fraction of sp³-hybridized carbons (Fsp3) is 0. The first kappa shape index (κ1) is 22.9. The first-order valence-electron chi connectivity index (χ1n) is 8.94. The summed E-state index contributed by atoms with van der Waals surface area (Å²) in [5, 5.41) is 11.4. The van der Waals surface area contributed by atoms with Crippen LogP contribution in [0.1, 0.15) is 0 Å². The number of benzene rings is 4. The fourth-order valence-electron chi connectivity index (χ4n) is 3.19. The summed E-state index contributed by atoms with van der Waals surface area (Å²) in [4.78, 5) is -1.51. The molecule has 13 heteroatoms. The zero-order valence-corrected chi connectivity index (χ0v) is 18.7. The van der Waals surface area contributed by atoms with E-state index in [2.05, 4.69) is 0 Å². The quantitative estimate of drug-likeness (QED) is 0.268. The standard InChI is InChI=1S/C20H14O10S3/c21-19-10-13-3-6-18(32(25,26)27)9-15(13)11-20(19)33(28,29)30-16-4-1-12-2-5-17(31(22,23)24)8-14(12)7-16/h1-11,21H,(H,22,23,24)(H,25,26,27). The third-order valence-electron chi connectivity index (χ3n) is 4.74. The highest BCUT2D eigenvalue weighted by Gasteiger charge is 2.23. The highest BCUT2D eigenvalue weighted by Crippen LogP contribution is 2.33. The zero-order valence-electron chi connectivity index (χ0n) is 16.3. The van der Waals surface area contributed by atoms with Crippen LogP contribution in [0.4, 0.5) is 0 Å². The molecule has 10 nitrogen and oxygen atoms in total. The summed E-state index contributed by atoms with van der Waals surface area (Å²) >= 11 is 0. The van der Waals surface area contributed by atoms with Gasteiger partial charge in [0.25, 0.3) is 20.2 Å². The second-order valence-corrected chi connectivity index (χ2v) is 11.3. The molecule has 0 amide bonds. The van der Waals surface area contributed by atoms with Gasteiger partial charge < -0.3 is 9.29 Å². The maximum atomic E-state index is 12.8. The normalized spacial score (nSPS) is 12.8. The second-order valence-electron chi connectivity index (χ2n) is 6.99. The van der Waals surface area contributed by atoms with E-state index in [1.54, 1.807) is 0 Å². The van der Waals surface area contributed by atoms with Gasteiger partial charge in [0.05, 0.1) is 9.79 Å². The Balaban J connectivity index is 1.78. The van der Waals surface area contributed by atoms with Crippen molar-refractivity contribution in [2.75, 3.05) is 0 Å². The number of fused-ring (bicyclic) bond motifs is 2. The Labute approximate surface area is 188 Å². The minimum Gasteiger partial charge on any atom is -0.506 e. The number of aromatic hydroxyl groups is 1. The van der Waals surface area contributed by atoms with Crippen molar-refractivity contribution < 1.29 is 43.6 Å². The topological polar surface area (TPSA) is 172 Å². The van der Waals surface area contributed by atoms with Crippen LogP contribution >= 0.6 is 0 Å². The van der Waals surface area contributed by atoms with Gasteiger partial charge in [-0.2, -0.15) is 25.3 Å². The van der Waals surface area contributed by atoms with Crippen molar-refractivity contribution in [3.8, 4) is 11.5 Å². The van der Waals surface area contributed by atoms with E-state index in [-0.39, 0.29) is 16.5 Å². The molecular formula is C20H14O10S3. The molecule has 172 valence electrons. The molecule has 0 saturated carbocycles. The van der Waals surface area contributed by atoms with Crippen LogP contribution in [-0.4, -0.2) is 39.5 Å². The third-order valence-corrected chi connectivity index (χ3v) is 7.72. The molecule has 0 radical (unpaired) electrons. The van der Waals surface area contributed by atoms with Crippen LogP contribution in [0.25, 0.3) is 21.5 Å². The summed E-state index contributed by atoms with van der Waals surface area (Å²) in [5.74, 6) is -0.863. The van der Waals surface area contributed by atoms with Gasteiger partial charge in [-0.3, -0.25) is 9.11 Å². The number of rotatable bonds is 5. The molecular weight excluding hydrogens is 496 g/mol. The van der Waals surface area contributed by atoms with Crippen LogP contribution in [0.3, 0.4) is 0 Å². The van der Waals surface area contributed by atoms with Crippen molar-refractivity contribution in [1.29, 1.82) is 0 Å². The summed E-state index contributed by atoms with van der Waals surface area (Å²) in [7, 11) is -13.6. The van der Waals surface area contributed by atoms with E-state index >= 15 is 0 Å². The number of hydrogen-bond acceptors (Lipinski definition) is 8. The lowest BCUT2D eigenvalue weighted by atomic mass is 10.1. The number of hydrogen-bond donors (Lipinski definition) is 3. The lowest BCUT2D eigenvalue weighted by Crippen LogP contribution is -2.10. The molecule has 0 aromatic heterocycles. The molecule has 0 heterocycles. The van der Waals surface area contributed by atoms with E-state index in [9.17, 15) is 39.5 Å².